The van der Waals surface area contributed by atoms with Crippen molar-refractivity contribution in [1.82, 2.24) is 20.8 Å². The molecule has 2 aromatic rings. The molecule has 0 unspecified atom stereocenters. The molecule has 7 nitrogen and oxygen atoms in total. The van der Waals surface area contributed by atoms with Gasteiger partial charge in [0.25, 0.3) is 0 Å². The van der Waals surface area contributed by atoms with Crippen LogP contribution in [0.25, 0.3) is 0 Å². The molecule has 0 fully saturated rings. The summed E-state index contributed by atoms with van der Waals surface area (Å²) in [6.45, 7) is 9.46. The summed E-state index contributed by atoms with van der Waals surface area (Å²) in [5, 5.41) is 9.70. The fraction of sp³-hybridized carbons (Fsp3) is 0.526. The largest absolute Gasteiger partial charge is 0.488 e. The summed E-state index contributed by atoms with van der Waals surface area (Å²) in [5.74, 6) is 1.36. The number of aliphatic imine (C=N–C) groups is 1. The van der Waals surface area contributed by atoms with Gasteiger partial charge in [0.2, 0.25) is 5.89 Å². The minimum Gasteiger partial charge on any atom is -0.488 e. The summed E-state index contributed by atoms with van der Waals surface area (Å²) in [7, 11) is 0. The van der Waals surface area contributed by atoms with E-state index in [1.807, 2.05) is 6.92 Å². The quantitative estimate of drug-likeness (QED) is 0.320. The monoisotopic (exact) mass is 541 g/mol. The molecule has 0 aliphatic rings. The van der Waals surface area contributed by atoms with Crippen LogP contribution in [0.15, 0.2) is 27.7 Å². The number of rotatable bonds is 6. The van der Waals surface area contributed by atoms with Crippen molar-refractivity contribution in [2.24, 2.45) is 4.99 Å². The first kappa shape index (κ1) is 26.0. The summed E-state index contributed by atoms with van der Waals surface area (Å²) in [5.41, 5.74) is -1.32. The molecular weight excluding hydrogens is 514 g/mol. The smallest absolute Gasteiger partial charge is 0.416 e. The highest BCUT2D eigenvalue weighted by Crippen LogP contribution is 2.35. The van der Waals surface area contributed by atoms with Crippen molar-refractivity contribution in [3.8, 4) is 5.75 Å². The summed E-state index contributed by atoms with van der Waals surface area (Å²) in [6, 6.07) is 3.92. The van der Waals surface area contributed by atoms with Gasteiger partial charge in [-0.25, -0.2) is 4.99 Å². The van der Waals surface area contributed by atoms with Crippen LogP contribution in [0.3, 0.4) is 0 Å². The van der Waals surface area contributed by atoms with Gasteiger partial charge in [-0.2, -0.15) is 18.2 Å². The third-order valence-corrected chi connectivity index (χ3v) is 3.55. The number of nitrogens with one attached hydrogen (secondary N) is 2. The molecule has 0 saturated heterocycles. The fourth-order valence-corrected chi connectivity index (χ4v) is 2.46. The van der Waals surface area contributed by atoms with Crippen LogP contribution < -0.4 is 15.4 Å². The van der Waals surface area contributed by atoms with Crippen molar-refractivity contribution >= 4 is 29.9 Å². The zero-order valence-electron chi connectivity index (χ0n) is 17.6. The molecule has 0 atom stereocenters. The van der Waals surface area contributed by atoms with Gasteiger partial charge in [0.1, 0.15) is 11.4 Å². The maximum atomic E-state index is 13.5. The Morgan fingerprint density at radius 1 is 1.20 bits per heavy atom. The Hall–Kier alpha value is -2.05. The number of alkyl halides is 3. The number of hydrogen-bond acceptors (Lipinski definition) is 5. The first-order valence-corrected chi connectivity index (χ1v) is 9.18. The highest BCUT2D eigenvalue weighted by Gasteiger charge is 2.34. The molecule has 168 valence electrons. The van der Waals surface area contributed by atoms with Crippen LogP contribution in [0.2, 0.25) is 0 Å². The van der Waals surface area contributed by atoms with Gasteiger partial charge in [0.05, 0.1) is 18.7 Å². The van der Waals surface area contributed by atoms with Crippen LogP contribution in [0.1, 0.15) is 50.5 Å². The third kappa shape index (κ3) is 8.36. The Morgan fingerprint density at radius 2 is 1.90 bits per heavy atom. The number of hydrogen-bond donors (Lipinski definition) is 2. The van der Waals surface area contributed by atoms with E-state index in [4.69, 9.17) is 9.26 Å². The predicted octanol–water partition coefficient (Wildman–Crippen LogP) is 4.45. The lowest BCUT2D eigenvalue weighted by Gasteiger charge is -2.22. The van der Waals surface area contributed by atoms with E-state index in [2.05, 4.69) is 25.8 Å². The van der Waals surface area contributed by atoms with Crippen molar-refractivity contribution in [1.29, 1.82) is 0 Å². The van der Waals surface area contributed by atoms with Gasteiger partial charge in [-0.05, 0) is 45.4 Å². The van der Waals surface area contributed by atoms with Crippen LogP contribution in [0.4, 0.5) is 13.2 Å². The van der Waals surface area contributed by atoms with Crippen LogP contribution in [0, 0.1) is 6.92 Å². The number of aromatic nitrogens is 2. The molecule has 1 heterocycles. The number of halogens is 4. The Kier molecular flexibility index (Phi) is 9.37. The molecular formula is C19H27F3IN5O2. The van der Waals surface area contributed by atoms with Crippen LogP contribution in [-0.4, -0.2) is 28.2 Å². The Labute approximate surface area is 190 Å². The van der Waals surface area contributed by atoms with Gasteiger partial charge in [0, 0.05) is 13.5 Å². The van der Waals surface area contributed by atoms with Crippen LogP contribution >= 0.6 is 24.0 Å². The summed E-state index contributed by atoms with van der Waals surface area (Å²) >= 11 is 0. The average molecular weight is 541 g/mol. The SMILES string of the molecule is CCNC(=NCc1ccc(OC(C)(C)C)cc1C(F)(F)F)NCc1noc(C)n1.I. The zero-order chi connectivity index (χ0) is 21.7. The van der Waals surface area contributed by atoms with Gasteiger partial charge < -0.3 is 19.9 Å². The minimum absolute atomic E-state index is 0. The van der Waals surface area contributed by atoms with Crippen molar-refractivity contribution in [2.45, 2.75) is 59.5 Å². The van der Waals surface area contributed by atoms with Crippen LogP contribution in [0.5, 0.6) is 5.75 Å². The van der Waals surface area contributed by atoms with Gasteiger partial charge >= 0.3 is 6.18 Å². The first-order chi connectivity index (χ1) is 13.5. The Morgan fingerprint density at radius 3 is 2.43 bits per heavy atom. The second kappa shape index (κ2) is 10.8. The summed E-state index contributed by atoms with van der Waals surface area (Å²) in [4.78, 5) is 8.31. The maximum Gasteiger partial charge on any atom is 0.416 e. The van der Waals surface area contributed by atoms with E-state index in [0.29, 0.717) is 24.2 Å². The first-order valence-electron chi connectivity index (χ1n) is 9.18. The Bertz CT molecular complexity index is 847. The van der Waals surface area contributed by atoms with Gasteiger partial charge in [-0.1, -0.05) is 11.2 Å². The zero-order valence-corrected chi connectivity index (χ0v) is 19.9. The number of aryl methyl sites for hydroxylation is 1. The highest BCUT2D eigenvalue weighted by molar-refractivity contribution is 14.0. The van der Waals surface area contributed by atoms with E-state index >= 15 is 0 Å². The topological polar surface area (TPSA) is 84.6 Å². The molecule has 2 rings (SSSR count). The molecule has 0 bridgehead atoms. The second-order valence-corrected chi connectivity index (χ2v) is 7.31. The molecule has 0 spiro atoms. The van der Waals surface area contributed by atoms with Gasteiger partial charge in [0.15, 0.2) is 11.8 Å². The molecule has 2 N–H and O–H groups in total. The maximum absolute atomic E-state index is 13.5. The molecule has 0 radical (unpaired) electrons. The Balaban J connectivity index is 0.00000450. The number of nitrogens with zero attached hydrogens (tertiary/aromatic N) is 3. The molecule has 0 aliphatic heterocycles. The van der Waals surface area contributed by atoms with Crippen molar-refractivity contribution in [2.75, 3.05) is 6.54 Å². The van der Waals surface area contributed by atoms with E-state index < -0.39 is 17.3 Å². The van der Waals surface area contributed by atoms with E-state index in [1.165, 1.54) is 12.1 Å². The molecule has 0 aliphatic carbocycles. The van der Waals surface area contributed by atoms with E-state index in [0.717, 1.165) is 6.07 Å². The molecule has 30 heavy (non-hydrogen) atoms. The average Bonchev–Trinajstić information content (AvgIpc) is 3.01. The fourth-order valence-electron chi connectivity index (χ4n) is 2.46. The molecule has 1 aromatic heterocycles. The second-order valence-electron chi connectivity index (χ2n) is 7.31. The highest BCUT2D eigenvalue weighted by atomic mass is 127. The number of guanidine groups is 1. The number of ether oxygens (including phenoxy) is 1. The van der Waals surface area contributed by atoms with Crippen molar-refractivity contribution in [3.05, 3.63) is 41.0 Å². The molecule has 1 aromatic carbocycles. The molecule has 11 heteroatoms. The lowest BCUT2D eigenvalue weighted by atomic mass is 10.1. The lowest BCUT2D eigenvalue weighted by Crippen LogP contribution is -2.37. The van der Waals surface area contributed by atoms with E-state index in [-0.39, 0.29) is 48.4 Å². The number of benzene rings is 1. The normalized spacial score (nSPS) is 12.3. The summed E-state index contributed by atoms with van der Waals surface area (Å²) < 4.78 is 51.1. The van der Waals surface area contributed by atoms with Gasteiger partial charge in [-0.3, -0.25) is 0 Å². The molecule has 0 saturated carbocycles. The lowest BCUT2D eigenvalue weighted by molar-refractivity contribution is -0.138. The van der Waals surface area contributed by atoms with Gasteiger partial charge in [-0.15, -0.1) is 24.0 Å². The van der Waals surface area contributed by atoms with E-state index in [1.54, 1.807) is 27.7 Å². The third-order valence-electron chi connectivity index (χ3n) is 3.55. The van der Waals surface area contributed by atoms with Crippen molar-refractivity contribution < 1.29 is 22.4 Å². The summed E-state index contributed by atoms with van der Waals surface area (Å²) in [6.07, 6.45) is -4.52. The van der Waals surface area contributed by atoms with Crippen molar-refractivity contribution in [3.63, 3.8) is 0 Å². The minimum atomic E-state index is -4.52. The van der Waals surface area contributed by atoms with Crippen LogP contribution in [-0.2, 0) is 19.3 Å². The standard InChI is InChI=1S/C19H26F3N5O2.HI/c1-6-23-17(25-11-16-26-12(2)29-27-16)24-10-13-7-8-14(28-18(3,4)5)9-15(13)19(20,21)22;/h7-9H,6,10-11H2,1-5H3,(H2,23,24,25);1H. The molecule has 0 amide bonds. The predicted molar refractivity (Wildman–Crippen MR) is 118 cm³/mol. The van der Waals surface area contributed by atoms with E-state index in [9.17, 15) is 13.2 Å².